The summed E-state index contributed by atoms with van der Waals surface area (Å²) in [7, 11) is 0. The van der Waals surface area contributed by atoms with E-state index in [4.69, 9.17) is 9.47 Å². The number of phenols is 1. The van der Waals surface area contributed by atoms with E-state index in [1.165, 1.54) is 0 Å². The van der Waals surface area contributed by atoms with Crippen molar-refractivity contribution >= 4 is 0 Å². The summed E-state index contributed by atoms with van der Waals surface area (Å²) < 4.78 is 46.7. The number of hydrogen-bond donors (Lipinski definition) is 1. The van der Waals surface area contributed by atoms with Gasteiger partial charge < -0.3 is 14.6 Å². The van der Waals surface area contributed by atoms with Crippen LogP contribution in [-0.2, 0) is 10.9 Å². The van der Waals surface area contributed by atoms with Gasteiger partial charge >= 0.3 is 6.18 Å². The van der Waals surface area contributed by atoms with E-state index >= 15 is 0 Å². The largest absolute Gasteiger partial charge is 0.504 e. The summed E-state index contributed by atoms with van der Waals surface area (Å²) in [4.78, 5) is 0. The Labute approximate surface area is 89.4 Å². The minimum absolute atomic E-state index is 0.0123. The minimum atomic E-state index is -4.46. The lowest BCUT2D eigenvalue weighted by Gasteiger charge is -2.10. The van der Waals surface area contributed by atoms with Gasteiger partial charge in [-0.2, -0.15) is 13.2 Å². The number of rotatable bonds is 3. The highest BCUT2D eigenvalue weighted by Crippen LogP contribution is 2.35. The molecule has 3 nitrogen and oxygen atoms in total. The van der Waals surface area contributed by atoms with Gasteiger partial charge in [-0.1, -0.05) is 0 Å². The number of halogens is 3. The maximum absolute atomic E-state index is 12.3. The second kappa shape index (κ2) is 3.86. The van der Waals surface area contributed by atoms with Crippen molar-refractivity contribution < 1.29 is 27.8 Å². The van der Waals surface area contributed by atoms with Crippen LogP contribution >= 0.6 is 0 Å². The zero-order chi connectivity index (χ0) is 11.8. The molecular weight excluding hydrogens is 225 g/mol. The fourth-order valence-corrected chi connectivity index (χ4v) is 1.16. The van der Waals surface area contributed by atoms with Crippen LogP contribution in [0.4, 0.5) is 13.2 Å². The van der Waals surface area contributed by atoms with Crippen molar-refractivity contribution in [1.29, 1.82) is 0 Å². The van der Waals surface area contributed by atoms with E-state index in [9.17, 15) is 18.3 Å². The molecule has 88 valence electrons. The Morgan fingerprint density at radius 3 is 2.62 bits per heavy atom. The van der Waals surface area contributed by atoms with Gasteiger partial charge in [-0.05, 0) is 18.2 Å². The third-order valence-corrected chi connectivity index (χ3v) is 2.11. The first-order valence-corrected chi connectivity index (χ1v) is 4.61. The predicted molar refractivity (Wildman–Crippen MR) is 48.3 cm³/mol. The Kier molecular flexibility index (Phi) is 2.67. The van der Waals surface area contributed by atoms with E-state index < -0.39 is 17.5 Å². The van der Waals surface area contributed by atoms with Gasteiger partial charge in [0.1, 0.15) is 12.7 Å². The van der Waals surface area contributed by atoms with Gasteiger partial charge in [0.25, 0.3) is 0 Å². The number of alkyl halides is 3. The molecule has 1 atom stereocenters. The van der Waals surface area contributed by atoms with E-state index in [0.717, 1.165) is 12.1 Å². The summed E-state index contributed by atoms with van der Waals surface area (Å²) >= 11 is 0. The number of hydrogen-bond acceptors (Lipinski definition) is 3. The molecule has 16 heavy (non-hydrogen) atoms. The number of benzene rings is 1. The summed E-state index contributed by atoms with van der Waals surface area (Å²) in [5.74, 6) is -0.487. The maximum Gasteiger partial charge on any atom is 0.416 e. The lowest BCUT2D eigenvalue weighted by atomic mass is 10.2. The molecule has 0 spiro atoms. The molecule has 0 bridgehead atoms. The van der Waals surface area contributed by atoms with Crippen molar-refractivity contribution in [3.63, 3.8) is 0 Å². The quantitative estimate of drug-likeness (QED) is 0.815. The topological polar surface area (TPSA) is 42.0 Å². The van der Waals surface area contributed by atoms with Crippen LogP contribution in [0.15, 0.2) is 18.2 Å². The van der Waals surface area contributed by atoms with Crippen molar-refractivity contribution in [2.75, 3.05) is 13.2 Å². The van der Waals surface area contributed by atoms with E-state index in [-0.39, 0.29) is 18.5 Å². The minimum Gasteiger partial charge on any atom is -0.504 e. The average molecular weight is 234 g/mol. The number of ether oxygens (including phenoxy) is 2. The zero-order valence-corrected chi connectivity index (χ0v) is 8.12. The Morgan fingerprint density at radius 1 is 1.44 bits per heavy atom. The Balaban J connectivity index is 2.09. The lowest BCUT2D eigenvalue weighted by molar-refractivity contribution is -0.137. The zero-order valence-electron chi connectivity index (χ0n) is 8.12. The number of epoxide rings is 1. The van der Waals surface area contributed by atoms with Gasteiger partial charge in [-0.3, -0.25) is 0 Å². The molecule has 0 aliphatic carbocycles. The van der Waals surface area contributed by atoms with E-state index in [1.54, 1.807) is 0 Å². The normalized spacial score (nSPS) is 19.6. The van der Waals surface area contributed by atoms with Gasteiger partial charge in [0, 0.05) is 0 Å². The van der Waals surface area contributed by atoms with Crippen LogP contribution in [0.1, 0.15) is 5.56 Å². The van der Waals surface area contributed by atoms with Crippen molar-refractivity contribution in [2.45, 2.75) is 12.3 Å². The van der Waals surface area contributed by atoms with Gasteiger partial charge in [-0.25, -0.2) is 0 Å². The molecule has 1 aromatic carbocycles. The van der Waals surface area contributed by atoms with Crippen LogP contribution in [0.5, 0.6) is 11.5 Å². The van der Waals surface area contributed by atoms with Crippen LogP contribution in [0, 0.1) is 0 Å². The van der Waals surface area contributed by atoms with Crippen LogP contribution in [-0.4, -0.2) is 24.4 Å². The third-order valence-electron chi connectivity index (χ3n) is 2.11. The fraction of sp³-hybridized carbons (Fsp3) is 0.400. The second-order valence-corrected chi connectivity index (χ2v) is 3.45. The molecule has 0 amide bonds. The summed E-state index contributed by atoms with van der Waals surface area (Å²) in [6.45, 7) is 0.820. The standard InChI is InChI=1S/C10H9F3O3/c11-10(12,13)6-1-2-9(8(14)3-6)16-5-7-4-15-7/h1-3,7,14H,4-5H2/t7-/m0/s1. The molecule has 1 fully saturated rings. The third kappa shape index (κ3) is 2.57. The highest BCUT2D eigenvalue weighted by atomic mass is 19.4. The molecular formula is C10H9F3O3. The molecule has 0 saturated carbocycles. The van der Waals surface area contributed by atoms with Gasteiger partial charge in [0.2, 0.25) is 0 Å². The Bertz CT molecular complexity index is 385. The summed E-state index contributed by atoms with van der Waals surface area (Å²) in [6, 6.07) is 2.60. The monoisotopic (exact) mass is 234 g/mol. The molecule has 1 aliphatic rings. The number of aromatic hydroxyl groups is 1. The average Bonchev–Trinajstić information content (AvgIpc) is 2.98. The highest BCUT2D eigenvalue weighted by Gasteiger charge is 2.31. The molecule has 1 saturated heterocycles. The first-order valence-electron chi connectivity index (χ1n) is 4.61. The predicted octanol–water partition coefficient (Wildman–Crippen LogP) is 2.19. The molecule has 2 rings (SSSR count). The first kappa shape index (κ1) is 11.1. The summed E-state index contributed by atoms with van der Waals surface area (Å²) in [6.07, 6.45) is -4.48. The smallest absolute Gasteiger partial charge is 0.416 e. The second-order valence-electron chi connectivity index (χ2n) is 3.45. The summed E-state index contributed by atoms with van der Waals surface area (Å²) in [5.41, 5.74) is -0.903. The van der Waals surface area contributed by atoms with Gasteiger partial charge in [0.05, 0.1) is 12.2 Å². The van der Waals surface area contributed by atoms with Crippen molar-refractivity contribution in [1.82, 2.24) is 0 Å². The van der Waals surface area contributed by atoms with Crippen LogP contribution in [0.3, 0.4) is 0 Å². The maximum atomic E-state index is 12.3. The Morgan fingerprint density at radius 2 is 2.12 bits per heavy atom. The van der Waals surface area contributed by atoms with Crippen LogP contribution in [0.2, 0.25) is 0 Å². The molecule has 1 aliphatic heterocycles. The molecule has 0 aromatic heterocycles. The van der Waals surface area contributed by atoms with Crippen molar-refractivity contribution in [2.24, 2.45) is 0 Å². The molecule has 0 unspecified atom stereocenters. The van der Waals surface area contributed by atoms with E-state index in [0.29, 0.717) is 12.7 Å². The SMILES string of the molecule is Oc1cc(C(F)(F)F)ccc1OC[C@@H]1CO1. The van der Waals surface area contributed by atoms with Crippen LogP contribution in [0.25, 0.3) is 0 Å². The van der Waals surface area contributed by atoms with Crippen molar-refractivity contribution in [3.05, 3.63) is 23.8 Å². The first-order chi connectivity index (χ1) is 7.47. The van der Waals surface area contributed by atoms with Crippen LogP contribution < -0.4 is 4.74 Å². The Hall–Kier alpha value is -1.43. The van der Waals surface area contributed by atoms with Crippen molar-refractivity contribution in [3.8, 4) is 11.5 Å². The van der Waals surface area contributed by atoms with Gasteiger partial charge in [0.15, 0.2) is 11.5 Å². The fourth-order valence-electron chi connectivity index (χ4n) is 1.16. The molecule has 1 N–H and O–H groups in total. The molecule has 0 radical (unpaired) electrons. The van der Waals surface area contributed by atoms with E-state index in [2.05, 4.69) is 0 Å². The summed E-state index contributed by atoms with van der Waals surface area (Å²) in [5, 5.41) is 9.32. The molecule has 1 aromatic rings. The molecule has 6 heteroatoms. The van der Waals surface area contributed by atoms with E-state index in [1.807, 2.05) is 0 Å². The highest BCUT2D eigenvalue weighted by molar-refractivity contribution is 5.42. The van der Waals surface area contributed by atoms with Gasteiger partial charge in [-0.15, -0.1) is 0 Å². The number of phenolic OH excluding ortho intramolecular Hbond substituents is 1. The lowest BCUT2D eigenvalue weighted by Crippen LogP contribution is -2.07. The molecule has 1 heterocycles.